The van der Waals surface area contributed by atoms with Crippen LogP contribution in [-0.4, -0.2) is 24.6 Å². The van der Waals surface area contributed by atoms with Crippen LogP contribution in [0.25, 0.3) is 0 Å². The number of aryl methyl sites for hydroxylation is 1. The van der Waals surface area contributed by atoms with E-state index in [4.69, 9.17) is 0 Å². The number of nitrogens with zero attached hydrogens (tertiary/aromatic N) is 1. The van der Waals surface area contributed by atoms with Gasteiger partial charge in [0.1, 0.15) is 0 Å². The van der Waals surface area contributed by atoms with Gasteiger partial charge >= 0.3 is 0 Å². The number of unbranched alkanes of at least 4 members (excludes halogenated alkanes) is 2. The Morgan fingerprint density at radius 3 is 2.42 bits per heavy atom. The molecule has 0 saturated heterocycles. The van der Waals surface area contributed by atoms with Gasteiger partial charge in [-0.25, -0.2) is 5.43 Å². The topological polar surface area (TPSA) is 70.6 Å². The van der Waals surface area contributed by atoms with Crippen molar-refractivity contribution in [3.63, 3.8) is 0 Å². The Morgan fingerprint density at radius 1 is 0.962 bits per heavy atom. The van der Waals surface area contributed by atoms with Crippen molar-refractivity contribution in [3.8, 4) is 0 Å². The molecule has 0 aliphatic heterocycles. The summed E-state index contributed by atoms with van der Waals surface area (Å²) in [5.41, 5.74) is 5.34. The lowest BCUT2D eigenvalue weighted by Gasteiger charge is -2.05. The molecule has 0 bridgehead atoms. The zero-order chi connectivity index (χ0) is 18.6. The Kier molecular flexibility index (Phi) is 8.06. The van der Waals surface area contributed by atoms with Crippen LogP contribution < -0.4 is 10.7 Å². The van der Waals surface area contributed by atoms with Crippen molar-refractivity contribution in [2.45, 2.75) is 32.6 Å². The van der Waals surface area contributed by atoms with E-state index in [1.165, 1.54) is 5.56 Å². The molecule has 2 amide bonds. The molecule has 136 valence electrons. The molecule has 0 heterocycles. The van der Waals surface area contributed by atoms with Gasteiger partial charge in [-0.05, 0) is 37.5 Å². The molecular formula is C21H25N3O2. The van der Waals surface area contributed by atoms with Crippen molar-refractivity contribution in [1.29, 1.82) is 0 Å². The number of hydrazone groups is 1. The second kappa shape index (κ2) is 10.8. The maximum Gasteiger partial charge on any atom is 0.251 e. The lowest BCUT2D eigenvalue weighted by atomic mass is 10.2. The number of amides is 2. The average Bonchev–Trinajstić information content (AvgIpc) is 2.66. The van der Waals surface area contributed by atoms with Crippen LogP contribution in [0.15, 0.2) is 59.7 Å². The maximum absolute atomic E-state index is 11.8. The van der Waals surface area contributed by atoms with Crippen LogP contribution in [0.1, 0.15) is 47.2 Å². The number of hydrogen-bond acceptors (Lipinski definition) is 3. The Labute approximate surface area is 154 Å². The largest absolute Gasteiger partial charge is 0.352 e. The Hall–Kier alpha value is -2.95. The standard InChI is InChI=1S/C21H25N3O2/c1-17-11-13-18(14-12-17)16-23-24-20(25)10-6-3-7-15-22-21(26)19-8-4-2-5-9-19/h2,4-5,8-9,11-14,16H,3,6-7,10,15H2,1H3,(H,22,26)(H,24,25). The summed E-state index contributed by atoms with van der Waals surface area (Å²) in [5.74, 6) is -0.157. The van der Waals surface area contributed by atoms with Crippen LogP contribution >= 0.6 is 0 Å². The summed E-state index contributed by atoms with van der Waals surface area (Å²) in [4.78, 5) is 23.6. The number of hydrogen-bond donors (Lipinski definition) is 2. The van der Waals surface area contributed by atoms with E-state index in [9.17, 15) is 9.59 Å². The molecule has 0 aliphatic carbocycles. The van der Waals surface area contributed by atoms with Crippen molar-refractivity contribution < 1.29 is 9.59 Å². The van der Waals surface area contributed by atoms with Gasteiger partial charge in [-0.1, -0.05) is 54.4 Å². The third-order valence-electron chi connectivity index (χ3n) is 3.88. The van der Waals surface area contributed by atoms with Crippen LogP contribution in [0, 0.1) is 6.92 Å². The predicted molar refractivity (Wildman–Crippen MR) is 104 cm³/mol. The molecule has 2 aromatic carbocycles. The molecule has 0 radical (unpaired) electrons. The normalized spacial score (nSPS) is 10.7. The van der Waals surface area contributed by atoms with Crippen molar-refractivity contribution in [2.75, 3.05) is 6.54 Å². The Morgan fingerprint density at radius 2 is 1.69 bits per heavy atom. The van der Waals surface area contributed by atoms with E-state index in [1.807, 2.05) is 49.4 Å². The van der Waals surface area contributed by atoms with E-state index in [0.717, 1.165) is 24.8 Å². The van der Waals surface area contributed by atoms with Gasteiger partial charge in [0, 0.05) is 18.5 Å². The maximum atomic E-state index is 11.8. The first-order valence-corrected chi connectivity index (χ1v) is 8.87. The summed E-state index contributed by atoms with van der Waals surface area (Å²) in [6.45, 7) is 2.64. The Balaban J connectivity index is 1.53. The summed E-state index contributed by atoms with van der Waals surface area (Å²) in [5, 5.41) is 6.84. The highest BCUT2D eigenvalue weighted by Crippen LogP contribution is 2.02. The molecule has 0 aromatic heterocycles. The van der Waals surface area contributed by atoms with Crippen LogP contribution in [0.5, 0.6) is 0 Å². The minimum atomic E-state index is -0.0957. The second-order valence-electron chi connectivity index (χ2n) is 6.14. The van der Waals surface area contributed by atoms with E-state index in [1.54, 1.807) is 18.3 Å². The van der Waals surface area contributed by atoms with Crippen LogP contribution in [-0.2, 0) is 4.79 Å². The summed E-state index contributed by atoms with van der Waals surface area (Å²) in [7, 11) is 0. The highest BCUT2D eigenvalue weighted by molar-refractivity contribution is 5.94. The zero-order valence-electron chi connectivity index (χ0n) is 15.1. The van der Waals surface area contributed by atoms with Crippen LogP contribution in [0.3, 0.4) is 0 Å². The van der Waals surface area contributed by atoms with Crippen molar-refractivity contribution in [3.05, 3.63) is 71.3 Å². The van der Waals surface area contributed by atoms with Gasteiger partial charge in [0.25, 0.3) is 5.91 Å². The van der Waals surface area contributed by atoms with Crippen LogP contribution in [0.2, 0.25) is 0 Å². The zero-order valence-corrected chi connectivity index (χ0v) is 15.1. The number of carbonyl (C=O) groups excluding carboxylic acids is 2. The molecule has 5 heteroatoms. The van der Waals surface area contributed by atoms with E-state index in [-0.39, 0.29) is 11.8 Å². The molecule has 0 unspecified atom stereocenters. The molecule has 5 nitrogen and oxygen atoms in total. The fourth-order valence-corrected chi connectivity index (χ4v) is 2.37. The molecule has 2 rings (SSSR count). The van der Waals surface area contributed by atoms with Crippen molar-refractivity contribution in [1.82, 2.24) is 10.7 Å². The van der Waals surface area contributed by atoms with Gasteiger partial charge in [-0.15, -0.1) is 0 Å². The third-order valence-corrected chi connectivity index (χ3v) is 3.88. The fraction of sp³-hybridized carbons (Fsp3) is 0.286. The average molecular weight is 351 g/mol. The van der Waals surface area contributed by atoms with Gasteiger partial charge in [0.05, 0.1) is 6.21 Å². The minimum Gasteiger partial charge on any atom is -0.352 e. The van der Waals surface area contributed by atoms with E-state index >= 15 is 0 Å². The lowest BCUT2D eigenvalue weighted by molar-refractivity contribution is -0.121. The monoisotopic (exact) mass is 351 g/mol. The molecule has 0 fully saturated rings. The SMILES string of the molecule is Cc1ccc(C=NNC(=O)CCCCCNC(=O)c2ccccc2)cc1. The highest BCUT2D eigenvalue weighted by atomic mass is 16.2. The first-order chi connectivity index (χ1) is 12.6. The fourth-order valence-electron chi connectivity index (χ4n) is 2.37. The van der Waals surface area contributed by atoms with Crippen LogP contribution in [0.4, 0.5) is 0 Å². The molecule has 0 saturated carbocycles. The van der Waals surface area contributed by atoms with E-state index < -0.39 is 0 Å². The first-order valence-electron chi connectivity index (χ1n) is 8.87. The van der Waals surface area contributed by atoms with E-state index in [0.29, 0.717) is 18.5 Å². The number of carbonyl (C=O) groups is 2. The lowest BCUT2D eigenvalue weighted by Crippen LogP contribution is -2.24. The predicted octanol–water partition coefficient (Wildman–Crippen LogP) is 3.44. The molecular weight excluding hydrogens is 326 g/mol. The second-order valence-corrected chi connectivity index (χ2v) is 6.14. The van der Waals surface area contributed by atoms with E-state index in [2.05, 4.69) is 15.8 Å². The summed E-state index contributed by atoms with van der Waals surface area (Å²) in [6.07, 6.45) is 4.56. The molecule has 0 spiro atoms. The number of benzene rings is 2. The Bertz CT molecular complexity index is 725. The molecule has 2 aromatic rings. The van der Waals surface area contributed by atoms with Gasteiger partial charge in [0.15, 0.2) is 0 Å². The minimum absolute atomic E-state index is 0.0613. The molecule has 2 N–H and O–H groups in total. The van der Waals surface area contributed by atoms with Gasteiger partial charge in [0.2, 0.25) is 5.91 Å². The summed E-state index contributed by atoms with van der Waals surface area (Å²) < 4.78 is 0. The molecule has 26 heavy (non-hydrogen) atoms. The first kappa shape index (κ1) is 19.4. The quantitative estimate of drug-likeness (QED) is 0.413. The van der Waals surface area contributed by atoms with Crippen molar-refractivity contribution in [2.24, 2.45) is 5.10 Å². The highest BCUT2D eigenvalue weighted by Gasteiger charge is 2.03. The van der Waals surface area contributed by atoms with Crippen molar-refractivity contribution >= 4 is 18.0 Å². The third kappa shape index (κ3) is 7.30. The van der Waals surface area contributed by atoms with Gasteiger partial charge in [-0.2, -0.15) is 5.10 Å². The number of nitrogens with one attached hydrogen (secondary N) is 2. The number of rotatable bonds is 9. The smallest absolute Gasteiger partial charge is 0.251 e. The van der Waals surface area contributed by atoms with Gasteiger partial charge < -0.3 is 5.32 Å². The molecule has 0 aliphatic rings. The summed E-state index contributed by atoms with van der Waals surface area (Å²) >= 11 is 0. The van der Waals surface area contributed by atoms with Gasteiger partial charge in [-0.3, -0.25) is 9.59 Å². The molecule has 0 atom stereocenters. The summed E-state index contributed by atoms with van der Waals surface area (Å²) in [6, 6.07) is 17.0.